The number of para-hydroxylation sites is 2. The van der Waals surface area contributed by atoms with Crippen LogP contribution >= 0.6 is 0 Å². The molecule has 0 aromatic heterocycles. The molecular weight excluding hydrogens is 269 g/mol. The summed E-state index contributed by atoms with van der Waals surface area (Å²) in [5.41, 5.74) is 0.406. The van der Waals surface area contributed by atoms with Gasteiger partial charge >= 0.3 is 0 Å². The number of hydrogen-bond donors (Lipinski definition) is 0. The summed E-state index contributed by atoms with van der Waals surface area (Å²) in [6.07, 6.45) is 0.412. The molecule has 0 aliphatic carbocycles. The summed E-state index contributed by atoms with van der Waals surface area (Å²) in [7, 11) is 1.57. The molecule has 2 aromatic rings. The molecule has 1 unspecified atom stereocenters. The summed E-state index contributed by atoms with van der Waals surface area (Å²) >= 11 is 0. The number of nitrogens with zero attached hydrogens (tertiary/aromatic N) is 1. The Morgan fingerprint density at radius 1 is 1.10 bits per heavy atom. The van der Waals surface area contributed by atoms with Gasteiger partial charge in [0.05, 0.1) is 25.7 Å². The lowest BCUT2D eigenvalue weighted by molar-refractivity contribution is 0.285. The standard InChI is InChI=1S/C17H16FNO2/c1-20-16-8-4-5-9-17(16)21-11-10-13(12-19)14-6-2-3-7-15(14)18/h2-9,13H,10-11H2,1H3. The van der Waals surface area contributed by atoms with Gasteiger partial charge in [-0.3, -0.25) is 0 Å². The Labute approximate surface area is 123 Å². The van der Waals surface area contributed by atoms with Crippen LogP contribution in [0.25, 0.3) is 0 Å². The van der Waals surface area contributed by atoms with E-state index in [2.05, 4.69) is 6.07 Å². The Bertz CT molecular complexity index is 637. The molecule has 0 spiro atoms. The SMILES string of the molecule is COc1ccccc1OCCC(C#N)c1ccccc1F. The van der Waals surface area contributed by atoms with Crippen LogP contribution in [-0.4, -0.2) is 13.7 Å². The van der Waals surface area contributed by atoms with Gasteiger partial charge in [0.1, 0.15) is 5.82 Å². The highest BCUT2D eigenvalue weighted by Crippen LogP contribution is 2.27. The van der Waals surface area contributed by atoms with E-state index in [-0.39, 0.29) is 5.82 Å². The van der Waals surface area contributed by atoms with E-state index in [1.165, 1.54) is 6.07 Å². The van der Waals surface area contributed by atoms with E-state index in [0.29, 0.717) is 30.1 Å². The van der Waals surface area contributed by atoms with E-state index in [1.54, 1.807) is 37.4 Å². The van der Waals surface area contributed by atoms with Crippen molar-refractivity contribution in [3.63, 3.8) is 0 Å². The van der Waals surface area contributed by atoms with Crippen molar-refractivity contribution >= 4 is 0 Å². The second-order valence-electron chi connectivity index (χ2n) is 4.49. The third-order valence-corrected chi connectivity index (χ3v) is 3.17. The van der Waals surface area contributed by atoms with Gasteiger partial charge in [-0.15, -0.1) is 0 Å². The molecule has 1 atom stereocenters. The average Bonchev–Trinajstić information content (AvgIpc) is 2.53. The van der Waals surface area contributed by atoms with Gasteiger partial charge in [0.2, 0.25) is 0 Å². The molecule has 4 heteroatoms. The second kappa shape index (κ2) is 7.30. The first-order valence-electron chi connectivity index (χ1n) is 6.66. The molecule has 0 saturated carbocycles. The Balaban J connectivity index is 1.99. The van der Waals surface area contributed by atoms with Gasteiger partial charge in [-0.25, -0.2) is 4.39 Å². The summed E-state index contributed by atoms with van der Waals surface area (Å²) in [5.74, 6) is 0.365. The minimum Gasteiger partial charge on any atom is -0.493 e. The fraction of sp³-hybridized carbons (Fsp3) is 0.235. The lowest BCUT2D eigenvalue weighted by atomic mass is 9.97. The highest BCUT2D eigenvalue weighted by atomic mass is 19.1. The maximum absolute atomic E-state index is 13.7. The summed E-state index contributed by atoms with van der Waals surface area (Å²) in [6.45, 7) is 0.312. The lowest BCUT2D eigenvalue weighted by Crippen LogP contribution is -2.06. The number of rotatable bonds is 6. The number of ether oxygens (including phenoxy) is 2. The van der Waals surface area contributed by atoms with E-state index in [0.717, 1.165) is 0 Å². The number of methoxy groups -OCH3 is 1. The molecule has 0 aliphatic heterocycles. The first kappa shape index (κ1) is 14.9. The molecule has 0 amide bonds. The van der Waals surface area contributed by atoms with E-state index in [9.17, 15) is 9.65 Å². The van der Waals surface area contributed by atoms with Gasteiger partial charge in [0, 0.05) is 12.0 Å². The largest absolute Gasteiger partial charge is 0.493 e. The minimum atomic E-state index is -0.527. The number of benzene rings is 2. The maximum Gasteiger partial charge on any atom is 0.161 e. The van der Waals surface area contributed by atoms with Crippen LogP contribution in [0, 0.1) is 17.1 Å². The number of nitriles is 1. The van der Waals surface area contributed by atoms with E-state index >= 15 is 0 Å². The summed E-state index contributed by atoms with van der Waals surface area (Å²) in [5, 5.41) is 9.20. The zero-order valence-corrected chi connectivity index (χ0v) is 11.8. The predicted octanol–water partition coefficient (Wildman–Crippen LogP) is 3.91. The van der Waals surface area contributed by atoms with Crippen LogP contribution in [0.4, 0.5) is 4.39 Å². The van der Waals surface area contributed by atoms with Crippen LogP contribution in [0.1, 0.15) is 17.9 Å². The van der Waals surface area contributed by atoms with Crippen molar-refractivity contribution in [1.82, 2.24) is 0 Å². The predicted molar refractivity (Wildman–Crippen MR) is 77.9 cm³/mol. The monoisotopic (exact) mass is 285 g/mol. The van der Waals surface area contributed by atoms with Crippen molar-refractivity contribution in [2.24, 2.45) is 0 Å². The van der Waals surface area contributed by atoms with Crippen molar-refractivity contribution in [1.29, 1.82) is 5.26 Å². The van der Waals surface area contributed by atoms with Gasteiger partial charge in [-0.1, -0.05) is 30.3 Å². The smallest absolute Gasteiger partial charge is 0.161 e. The normalized spacial score (nSPS) is 11.5. The van der Waals surface area contributed by atoms with E-state index < -0.39 is 5.92 Å². The zero-order chi connectivity index (χ0) is 15.1. The van der Waals surface area contributed by atoms with Gasteiger partial charge in [-0.2, -0.15) is 5.26 Å². The summed E-state index contributed by atoms with van der Waals surface area (Å²) in [6, 6.07) is 15.7. The highest BCUT2D eigenvalue weighted by Gasteiger charge is 2.15. The fourth-order valence-corrected chi connectivity index (χ4v) is 2.07. The average molecular weight is 285 g/mol. The third-order valence-electron chi connectivity index (χ3n) is 3.17. The van der Waals surface area contributed by atoms with Crippen LogP contribution in [0.15, 0.2) is 48.5 Å². The molecule has 2 rings (SSSR count). The molecular formula is C17H16FNO2. The van der Waals surface area contributed by atoms with E-state index in [4.69, 9.17) is 9.47 Å². The van der Waals surface area contributed by atoms with Gasteiger partial charge < -0.3 is 9.47 Å². The quantitative estimate of drug-likeness (QED) is 0.808. The Hall–Kier alpha value is -2.54. The van der Waals surface area contributed by atoms with Crippen LogP contribution < -0.4 is 9.47 Å². The molecule has 0 heterocycles. The second-order valence-corrected chi connectivity index (χ2v) is 4.49. The van der Waals surface area contributed by atoms with E-state index in [1.807, 2.05) is 12.1 Å². The molecule has 0 N–H and O–H groups in total. The Kier molecular flexibility index (Phi) is 5.16. The van der Waals surface area contributed by atoms with Crippen molar-refractivity contribution in [3.05, 3.63) is 59.9 Å². The number of hydrogen-bond acceptors (Lipinski definition) is 3. The molecule has 3 nitrogen and oxygen atoms in total. The van der Waals surface area contributed by atoms with Gasteiger partial charge in [0.15, 0.2) is 11.5 Å². The minimum absolute atomic E-state index is 0.312. The zero-order valence-electron chi connectivity index (χ0n) is 11.8. The molecule has 0 aliphatic rings. The van der Waals surface area contributed by atoms with Crippen molar-refractivity contribution in [3.8, 4) is 17.6 Å². The summed E-state index contributed by atoms with van der Waals surface area (Å²) in [4.78, 5) is 0. The molecule has 108 valence electrons. The van der Waals surface area contributed by atoms with Crippen LogP contribution in [0.5, 0.6) is 11.5 Å². The van der Waals surface area contributed by atoms with Crippen LogP contribution in [0.2, 0.25) is 0 Å². The fourth-order valence-electron chi connectivity index (χ4n) is 2.07. The van der Waals surface area contributed by atoms with Gasteiger partial charge in [-0.05, 0) is 18.2 Å². The Morgan fingerprint density at radius 2 is 1.76 bits per heavy atom. The van der Waals surface area contributed by atoms with Crippen molar-refractivity contribution < 1.29 is 13.9 Å². The molecule has 21 heavy (non-hydrogen) atoms. The van der Waals surface area contributed by atoms with Crippen molar-refractivity contribution in [2.75, 3.05) is 13.7 Å². The summed E-state index contributed by atoms with van der Waals surface area (Å²) < 4.78 is 24.5. The third kappa shape index (κ3) is 3.73. The molecule has 0 saturated heterocycles. The number of halogens is 1. The molecule has 0 radical (unpaired) electrons. The Morgan fingerprint density at radius 3 is 2.43 bits per heavy atom. The van der Waals surface area contributed by atoms with Gasteiger partial charge in [0.25, 0.3) is 0 Å². The maximum atomic E-state index is 13.7. The van der Waals surface area contributed by atoms with Crippen molar-refractivity contribution in [2.45, 2.75) is 12.3 Å². The molecule has 0 bridgehead atoms. The van der Waals surface area contributed by atoms with Crippen LogP contribution in [-0.2, 0) is 0 Å². The first-order valence-corrected chi connectivity index (χ1v) is 6.66. The van der Waals surface area contributed by atoms with Crippen LogP contribution in [0.3, 0.4) is 0 Å². The topological polar surface area (TPSA) is 42.2 Å². The first-order chi connectivity index (χ1) is 10.3. The molecule has 2 aromatic carbocycles. The molecule has 0 fully saturated rings. The lowest BCUT2D eigenvalue weighted by Gasteiger charge is -2.13. The highest BCUT2D eigenvalue weighted by molar-refractivity contribution is 5.39.